The SMILES string of the molecule is CC1NNc2ccc(-c3cc(NC(CO)c4ccccc4)cnc3-c3c(O)cccc3O)cc21. The van der Waals surface area contributed by atoms with E-state index in [1.807, 2.05) is 48.5 Å². The molecule has 1 aliphatic rings. The van der Waals surface area contributed by atoms with Crippen molar-refractivity contribution in [3.8, 4) is 33.9 Å². The maximum atomic E-state index is 10.5. The van der Waals surface area contributed by atoms with E-state index in [1.165, 1.54) is 12.1 Å². The van der Waals surface area contributed by atoms with Crippen LogP contribution in [0.2, 0.25) is 0 Å². The molecule has 0 saturated heterocycles. The molecule has 0 radical (unpaired) electrons. The summed E-state index contributed by atoms with van der Waals surface area (Å²) < 4.78 is 0. The van der Waals surface area contributed by atoms with Gasteiger partial charge in [-0.25, -0.2) is 5.43 Å². The molecule has 3 aromatic carbocycles. The Balaban J connectivity index is 1.63. The highest BCUT2D eigenvalue weighted by Crippen LogP contribution is 2.43. The number of hydrazine groups is 1. The molecule has 1 aliphatic heterocycles. The average Bonchev–Trinajstić information content (AvgIpc) is 3.23. The Morgan fingerprint density at radius 2 is 1.74 bits per heavy atom. The van der Waals surface area contributed by atoms with E-state index >= 15 is 0 Å². The number of fused-ring (bicyclic) bond motifs is 1. The van der Waals surface area contributed by atoms with Gasteiger partial charge in [-0.05, 0) is 53.9 Å². The highest BCUT2D eigenvalue weighted by Gasteiger charge is 2.22. The second-order valence-corrected chi connectivity index (χ2v) is 8.37. The van der Waals surface area contributed by atoms with Crippen molar-refractivity contribution in [2.24, 2.45) is 0 Å². The molecule has 0 amide bonds. The van der Waals surface area contributed by atoms with Crippen LogP contribution in [0.25, 0.3) is 22.4 Å². The molecule has 0 aliphatic carbocycles. The molecule has 6 N–H and O–H groups in total. The fourth-order valence-electron chi connectivity index (χ4n) is 4.32. The van der Waals surface area contributed by atoms with Crippen LogP contribution in [0.5, 0.6) is 11.5 Å². The summed E-state index contributed by atoms with van der Waals surface area (Å²) in [7, 11) is 0. The maximum Gasteiger partial charge on any atom is 0.128 e. The molecular formula is C27H26N4O3. The van der Waals surface area contributed by atoms with Crippen LogP contribution in [0, 0.1) is 0 Å². The van der Waals surface area contributed by atoms with E-state index in [2.05, 4.69) is 34.1 Å². The number of phenols is 2. The van der Waals surface area contributed by atoms with Crippen LogP contribution < -0.4 is 16.2 Å². The normalized spacial score (nSPS) is 15.4. The lowest BCUT2D eigenvalue weighted by atomic mass is 9.95. The summed E-state index contributed by atoms with van der Waals surface area (Å²) in [5.41, 5.74) is 12.5. The topological polar surface area (TPSA) is 110 Å². The molecule has 0 spiro atoms. The summed E-state index contributed by atoms with van der Waals surface area (Å²) in [5, 5.41) is 34.5. The predicted octanol–water partition coefficient (Wildman–Crippen LogP) is 4.96. The number of aromatic hydroxyl groups is 2. The van der Waals surface area contributed by atoms with Gasteiger partial charge in [-0.2, -0.15) is 0 Å². The summed E-state index contributed by atoms with van der Waals surface area (Å²) in [6, 6.07) is 22.2. The van der Waals surface area contributed by atoms with Crippen molar-refractivity contribution in [2.75, 3.05) is 17.3 Å². The van der Waals surface area contributed by atoms with Gasteiger partial charge in [0.25, 0.3) is 0 Å². The van der Waals surface area contributed by atoms with Gasteiger partial charge in [0, 0.05) is 5.56 Å². The Kier molecular flexibility index (Phi) is 5.79. The monoisotopic (exact) mass is 454 g/mol. The van der Waals surface area contributed by atoms with Gasteiger partial charge in [-0.1, -0.05) is 42.5 Å². The number of pyridine rings is 1. The lowest BCUT2D eigenvalue weighted by Gasteiger charge is -2.20. The highest BCUT2D eigenvalue weighted by atomic mass is 16.3. The van der Waals surface area contributed by atoms with Crippen molar-refractivity contribution in [2.45, 2.75) is 19.0 Å². The third-order valence-electron chi connectivity index (χ3n) is 6.12. The molecule has 7 heteroatoms. The Hall–Kier alpha value is -4.07. The number of benzene rings is 3. The minimum Gasteiger partial charge on any atom is -0.507 e. The summed E-state index contributed by atoms with van der Waals surface area (Å²) in [5.74, 6) is -0.102. The smallest absolute Gasteiger partial charge is 0.128 e. The number of nitrogens with one attached hydrogen (secondary N) is 3. The third-order valence-corrected chi connectivity index (χ3v) is 6.12. The van der Waals surface area contributed by atoms with Crippen LogP contribution in [0.4, 0.5) is 11.4 Å². The molecule has 1 aromatic heterocycles. The molecule has 7 nitrogen and oxygen atoms in total. The molecule has 0 bridgehead atoms. The van der Waals surface area contributed by atoms with Gasteiger partial charge in [0.1, 0.15) is 11.5 Å². The minimum atomic E-state index is -0.311. The first kappa shape index (κ1) is 21.8. The molecule has 34 heavy (non-hydrogen) atoms. The predicted molar refractivity (Wildman–Crippen MR) is 134 cm³/mol. The number of nitrogens with zero attached hydrogens (tertiary/aromatic N) is 1. The lowest BCUT2D eigenvalue weighted by Crippen LogP contribution is -2.15. The maximum absolute atomic E-state index is 10.5. The zero-order valence-electron chi connectivity index (χ0n) is 18.7. The number of aliphatic hydroxyl groups is 1. The van der Waals surface area contributed by atoms with Crippen molar-refractivity contribution in [3.05, 3.63) is 90.1 Å². The summed E-state index contributed by atoms with van der Waals surface area (Å²) in [6.07, 6.45) is 1.65. The van der Waals surface area contributed by atoms with Gasteiger partial charge < -0.3 is 26.1 Å². The van der Waals surface area contributed by atoms with Gasteiger partial charge in [-0.3, -0.25) is 4.98 Å². The Morgan fingerprint density at radius 3 is 2.47 bits per heavy atom. The quantitative estimate of drug-likeness (QED) is 0.244. The third kappa shape index (κ3) is 4.03. The summed E-state index contributed by atoms with van der Waals surface area (Å²) >= 11 is 0. The van der Waals surface area contributed by atoms with Crippen molar-refractivity contribution < 1.29 is 15.3 Å². The van der Waals surface area contributed by atoms with Gasteiger partial charge in [-0.15, -0.1) is 0 Å². The van der Waals surface area contributed by atoms with E-state index in [0.717, 1.165) is 27.9 Å². The van der Waals surface area contributed by atoms with E-state index in [9.17, 15) is 15.3 Å². The number of hydrogen-bond acceptors (Lipinski definition) is 7. The zero-order chi connectivity index (χ0) is 23.7. The molecule has 0 saturated carbocycles. The van der Waals surface area contributed by atoms with Gasteiger partial charge in [0.2, 0.25) is 0 Å². The first-order valence-corrected chi connectivity index (χ1v) is 11.1. The molecule has 2 heterocycles. The second kappa shape index (κ2) is 9.05. The molecule has 2 atom stereocenters. The fraction of sp³-hybridized carbons (Fsp3) is 0.148. The van der Waals surface area contributed by atoms with Crippen molar-refractivity contribution in [3.63, 3.8) is 0 Å². The molecular weight excluding hydrogens is 428 g/mol. The minimum absolute atomic E-state index is 0.0511. The van der Waals surface area contributed by atoms with Gasteiger partial charge in [0.05, 0.1) is 47.5 Å². The number of rotatable bonds is 6. The largest absolute Gasteiger partial charge is 0.507 e. The highest BCUT2D eigenvalue weighted by molar-refractivity contribution is 5.88. The number of hydrogen-bond donors (Lipinski definition) is 6. The zero-order valence-corrected chi connectivity index (χ0v) is 18.7. The van der Waals surface area contributed by atoms with Crippen LogP contribution in [0.1, 0.15) is 30.1 Å². The molecule has 4 aromatic rings. The Morgan fingerprint density at radius 1 is 0.971 bits per heavy atom. The van der Waals surface area contributed by atoms with Crippen LogP contribution in [-0.2, 0) is 0 Å². The molecule has 2 unspecified atom stereocenters. The Labute approximate surface area is 197 Å². The first-order chi connectivity index (χ1) is 16.5. The summed E-state index contributed by atoms with van der Waals surface area (Å²) in [4.78, 5) is 4.65. The van der Waals surface area contributed by atoms with E-state index in [0.29, 0.717) is 11.4 Å². The van der Waals surface area contributed by atoms with E-state index in [-0.39, 0.29) is 35.8 Å². The van der Waals surface area contributed by atoms with E-state index in [1.54, 1.807) is 12.3 Å². The lowest BCUT2D eigenvalue weighted by molar-refractivity contribution is 0.276. The van der Waals surface area contributed by atoms with Gasteiger partial charge >= 0.3 is 0 Å². The van der Waals surface area contributed by atoms with E-state index < -0.39 is 0 Å². The van der Waals surface area contributed by atoms with Crippen molar-refractivity contribution in [1.82, 2.24) is 10.4 Å². The number of aromatic nitrogens is 1. The number of aliphatic hydroxyl groups excluding tert-OH is 1. The van der Waals surface area contributed by atoms with E-state index in [4.69, 9.17) is 0 Å². The fourth-order valence-corrected chi connectivity index (χ4v) is 4.32. The standard InChI is InChI=1S/C27H26N4O3/c1-16-20-12-18(10-11-22(20)31-30-16)21-13-19(29-23(15-32)17-6-3-2-4-7-17)14-28-27(21)26-24(33)8-5-9-25(26)34/h2-14,16,23,29-34H,15H2,1H3. The molecule has 0 fully saturated rings. The molecule has 5 rings (SSSR count). The van der Waals surface area contributed by atoms with Crippen LogP contribution >= 0.6 is 0 Å². The van der Waals surface area contributed by atoms with Crippen LogP contribution in [-0.4, -0.2) is 26.9 Å². The van der Waals surface area contributed by atoms with Gasteiger partial charge in [0.15, 0.2) is 0 Å². The molecule has 172 valence electrons. The van der Waals surface area contributed by atoms with Crippen LogP contribution in [0.15, 0.2) is 79.0 Å². The Bertz CT molecular complexity index is 1310. The number of phenolic OH excluding ortho intramolecular Hbond substituents is 2. The summed E-state index contributed by atoms with van der Waals surface area (Å²) in [6.45, 7) is 1.98. The average molecular weight is 455 g/mol. The first-order valence-electron chi connectivity index (χ1n) is 11.1. The second-order valence-electron chi connectivity index (χ2n) is 8.37. The van der Waals surface area contributed by atoms with Crippen LogP contribution in [0.3, 0.4) is 0 Å². The number of anilines is 2. The van der Waals surface area contributed by atoms with Crippen molar-refractivity contribution >= 4 is 11.4 Å². The van der Waals surface area contributed by atoms with Crippen molar-refractivity contribution in [1.29, 1.82) is 0 Å².